The van der Waals surface area contributed by atoms with Crippen LogP contribution in [0.1, 0.15) is 43.5 Å². The molecule has 0 spiro atoms. The van der Waals surface area contributed by atoms with Gasteiger partial charge in [-0.3, -0.25) is 4.79 Å². The average Bonchev–Trinajstić information content (AvgIpc) is 3.03. The Morgan fingerprint density at radius 2 is 1.49 bits per heavy atom. The Hall–Kier alpha value is -4.81. The van der Waals surface area contributed by atoms with Crippen molar-refractivity contribution in [3.63, 3.8) is 0 Å². The Morgan fingerprint density at radius 3 is 2.15 bits per heavy atom. The van der Waals surface area contributed by atoms with Crippen LogP contribution in [0.25, 0.3) is 0 Å². The van der Waals surface area contributed by atoms with Gasteiger partial charge in [0.25, 0.3) is 0 Å². The molecule has 254 valence electrons. The number of hydrogen-bond acceptors (Lipinski definition) is 10. The molecule has 2 amide bonds. The number of carbonyl (C=O) groups is 3. The van der Waals surface area contributed by atoms with Crippen LogP contribution < -0.4 is 24.8 Å². The van der Waals surface area contributed by atoms with E-state index in [0.29, 0.717) is 29.4 Å². The van der Waals surface area contributed by atoms with Crippen molar-refractivity contribution in [2.75, 3.05) is 41.3 Å². The number of benzene rings is 3. The first kappa shape index (κ1) is 36.7. The normalized spacial score (nSPS) is 12.3. The summed E-state index contributed by atoms with van der Waals surface area (Å²) in [5.74, 6) is 0.372. The van der Waals surface area contributed by atoms with Crippen LogP contribution >= 0.6 is 0 Å². The first-order valence-electron chi connectivity index (χ1n) is 15.0. The summed E-state index contributed by atoms with van der Waals surface area (Å²) in [7, 11) is 4.58. The number of esters is 1. The maximum Gasteiger partial charge on any atom is 0.408 e. The summed E-state index contributed by atoms with van der Waals surface area (Å²) in [4.78, 5) is 40.2. The van der Waals surface area contributed by atoms with E-state index < -0.39 is 35.7 Å². The predicted octanol–water partition coefficient (Wildman–Crippen LogP) is 5.26. The molecule has 0 unspecified atom stereocenters. The molecule has 0 fully saturated rings. The quantitative estimate of drug-likeness (QED) is 0.120. The predicted molar refractivity (Wildman–Crippen MR) is 174 cm³/mol. The zero-order chi connectivity index (χ0) is 34.4. The Bertz CT molecular complexity index is 1470. The first-order chi connectivity index (χ1) is 22.4. The molecule has 0 saturated carbocycles. The monoisotopic (exact) mass is 652 g/mol. The highest BCUT2D eigenvalue weighted by Gasteiger charge is 2.31. The molecule has 3 aromatic rings. The summed E-state index contributed by atoms with van der Waals surface area (Å²) in [5.41, 5.74) is 1.02. The van der Waals surface area contributed by atoms with Crippen LogP contribution in [-0.2, 0) is 35.0 Å². The summed E-state index contributed by atoms with van der Waals surface area (Å²) in [6, 6.07) is 16.9. The van der Waals surface area contributed by atoms with Crippen molar-refractivity contribution in [3.05, 3.63) is 83.4 Å². The Balaban J connectivity index is 1.96. The second-order valence-corrected chi connectivity index (χ2v) is 11.4. The molecular formula is C35H44N2O10. The minimum Gasteiger partial charge on any atom is -0.496 e. The molecule has 0 aliphatic rings. The molecule has 3 aromatic carbocycles. The van der Waals surface area contributed by atoms with E-state index in [1.165, 1.54) is 14.2 Å². The third-order valence-electron chi connectivity index (χ3n) is 6.72. The molecule has 0 radical (unpaired) electrons. The number of nitrogens with one attached hydrogen (secondary N) is 2. The molecule has 0 saturated heterocycles. The molecule has 47 heavy (non-hydrogen) atoms. The molecule has 3 rings (SSSR count). The van der Waals surface area contributed by atoms with Crippen molar-refractivity contribution in [3.8, 4) is 23.0 Å². The van der Waals surface area contributed by atoms with Gasteiger partial charge in [0.2, 0.25) is 5.91 Å². The van der Waals surface area contributed by atoms with Crippen molar-refractivity contribution in [1.82, 2.24) is 10.6 Å². The van der Waals surface area contributed by atoms with Crippen LogP contribution in [-0.4, -0.2) is 70.9 Å². The summed E-state index contributed by atoms with van der Waals surface area (Å²) >= 11 is 0. The van der Waals surface area contributed by atoms with Gasteiger partial charge >= 0.3 is 12.1 Å². The van der Waals surface area contributed by atoms with Gasteiger partial charge in [0.15, 0.2) is 18.3 Å². The van der Waals surface area contributed by atoms with Gasteiger partial charge in [-0.15, -0.1) is 0 Å². The van der Waals surface area contributed by atoms with Crippen LogP contribution in [0.2, 0.25) is 0 Å². The molecule has 0 aliphatic heterocycles. The lowest BCUT2D eigenvalue weighted by molar-refractivity contribution is -0.160. The van der Waals surface area contributed by atoms with Crippen LogP contribution in [0.4, 0.5) is 4.79 Å². The molecule has 12 heteroatoms. The number of amides is 2. The Kier molecular flexibility index (Phi) is 13.9. The SMILES string of the molecule is COCCOCOC(=O)[C@H](Cc1ccccc1)NC(=O)[C@H](NC(=O)OC(C)(C)C)c1ccc(OC)c(Oc2cccc(OC)c2C)c1. The molecule has 2 N–H and O–H groups in total. The Morgan fingerprint density at radius 1 is 0.787 bits per heavy atom. The van der Waals surface area contributed by atoms with E-state index in [9.17, 15) is 14.4 Å². The number of methoxy groups -OCH3 is 3. The smallest absolute Gasteiger partial charge is 0.408 e. The number of hydrogen-bond donors (Lipinski definition) is 2. The fraction of sp³-hybridized carbons (Fsp3) is 0.400. The van der Waals surface area contributed by atoms with E-state index in [2.05, 4.69) is 10.6 Å². The van der Waals surface area contributed by atoms with Crippen LogP contribution in [0, 0.1) is 6.92 Å². The molecule has 0 aliphatic carbocycles. The fourth-order valence-corrected chi connectivity index (χ4v) is 4.42. The van der Waals surface area contributed by atoms with Crippen molar-refractivity contribution >= 4 is 18.0 Å². The highest BCUT2D eigenvalue weighted by Crippen LogP contribution is 2.37. The fourth-order valence-electron chi connectivity index (χ4n) is 4.42. The van der Waals surface area contributed by atoms with Crippen molar-refractivity contribution in [1.29, 1.82) is 0 Å². The highest BCUT2D eigenvalue weighted by molar-refractivity contribution is 5.91. The van der Waals surface area contributed by atoms with Gasteiger partial charge in [-0.05, 0) is 63.1 Å². The van der Waals surface area contributed by atoms with E-state index in [1.807, 2.05) is 43.3 Å². The number of ether oxygens (including phenoxy) is 7. The van der Waals surface area contributed by atoms with Crippen molar-refractivity contribution in [2.45, 2.75) is 51.8 Å². The minimum atomic E-state index is -1.31. The Labute approximate surface area is 275 Å². The summed E-state index contributed by atoms with van der Waals surface area (Å²) in [6.07, 6.45) is -0.720. The van der Waals surface area contributed by atoms with E-state index in [4.69, 9.17) is 33.2 Å². The topological polar surface area (TPSA) is 140 Å². The first-order valence-corrected chi connectivity index (χ1v) is 15.0. The summed E-state index contributed by atoms with van der Waals surface area (Å²) < 4.78 is 38.2. The van der Waals surface area contributed by atoms with E-state index in [0.717, 1.165) is 11.1 Å². The van der Waals surface area contributed by atoms with E-state index in [1.54, 1.807) is 58.2 Å². The van der Waals surface area contributed by atoms with E-state index >= 15 is 0 Å². The van der Waals surface area contributed by atoms with Gasteiger partial charge in [0.05, 0.1) is 27.4 Å². The molecule has 12 nitrogen and oxygen atoms in total. The van der Waals surface area contributed by atoms with Gasteiger partial charge < -0.3 is 43.8 Å². The zero-order valence-electron chi connectivity index (χ0n) is 27.9. The summed E-state index contributed by atoms with van der Waals surface area (Å²) in [5, 5.41) is 5.40. The zero-order valence-corrected chi connectivity index (χ0v) is 27.9. The van der Waals surface area contributed by atoms with Crippen molar-refractivity contribution in [2.24, 2.45) is 0 Å². The molecule has 0 bridgehead atoms. The van der Waals surface area contributed by atoms with Crippen molar-refractivity contribution < 1.29 is 47.5 Å². The molecule has 0 aromatic heterocycles. The summed E-state index contributed by atoms with van der Waals surface area (Å²) in [6.45, 7) is 7.18. The van der Waals surface area contributed by atoms with Crippen LogP contribution in [0.15, 0.2) is 66.7 Å². The third-order valence-corrected chi connectivity index (χ3v) is 6.72. The minimum absolute atomic E-state index is 0.120. The number of rotatable bonds is 16. The molecule has 0 heterocycles. The lowest BCUT2D eigenvalue weighted by Crippen LogP contribution is -2.49. The lowest BCUT2D eigenvalue weighted by atomic mass is 10.0. The lowest BCUT2D eigenvalue weighted by Gasteiger charge is -2.26. The standard InChI is InChI=1S/C35H44N2O10/c1-23-27(42-6)14-11-15-28(23)46-30-21-25(16-17-29(30)43-7)31(37-34(40)47-35(2,3)4)32(38)36-26(20-24-12-9-8-10-13-24)33(39)45-22-44-19-18-41-5/h8-17,21,26,31H,18-20,22H2,1-7H3,(H,36,38)(H,37,40)/t26-,31+/m0/s1. The van der Waals surface area contributed by atoms with Gasteiger partial charge in [0, 0.05) is 19.1 Å². The van der Waals surface area contributed by atoms with Crippen LogP contribution in [0.3, 0.4) is 0 Å². The maximum absolute atomic E-state index is 14.0. The van der Waals surface area contributed by atoms with Gasteiger partial charge in [-0.25, -0.2) is 9.59 Å². The molecule has 2 atom stereocenters. The molecular weight excluding hydrogens is 608 g/mol. The van der Waals surface area contributed by atoms with Gasteiger partial charge in [-0.2, -0.15) is 0 Å². The highest BCUT2D eigenvalue weighted by atomic mass is 16.7. The third kappa shape index (κ3) is 11.5. The second-order valence-electron chi connectivity index (χ2n) is 11.4. The maximum atomic E-state index is 14.0. The van der Waals surface area contributed by atoms with E-state index in [-0.39, 0.29) is 25.6 Å². The van der Waals surface area contributed by atoms with Crippen LogP contribution in [0.5, 0.6) is 23.0 Å². The average molecular weight is 653 g/mol. The number of alkyl carbamates (subject to hydrolysis) is 1. The second kappa shape index (κ2) is 17.8. The van der Waals surface area contributed by atoms with Gasteiger partial charge in [0.1, 0.15) is 29.2 Å². The van der Waals surface area contributed by atoms with Gasteiger partial charge in [-0.1, -0.05) is 42.5 Å². The number of carbonyl (C=O) groups excluding carboxylic acids is 3. The largest absolute Gasteiger partial charge is 0.496 e.